The molecule has 6 rings (SSSR count). The molecule has 0 amide bonds. The van der Waals surface area contributed by atoms with Gasteiger partial charge in [0.05, 0.1) is 35.0 Å². The molecular weight excluding hydrogens is 462 g/mol. The lowest BCUT2D eigenvalue weighted by molar-refractivity contribution is 0.729. The second-order valence-corrected chi connectivity index (χ2v) is 8.78. The molecule has 0 atom stereocenters. The number of imidazole rings is 1. The average Bonchev–Trinajstić information content (AvgIpc) is 3.39. The number of hydrogen-bond acceptors (Lipinski definition) is 3. The van der Waals surface area contributed by atoms with Crippen molar-refractivity contribution in [3.05, 3.63) is 94.7 Å². The van der Waals surface area contributed by atoms with Gasteiger partial charge in [-0.3, -0.25) is 0 Å². The molecular formula is C26H20BrN5. The van der Waals surface area contributed by atoms with Crippen molar-refractivity contribution in [1.29, 1.82) is 0 Å². The Kier molecular flexibility index (Phi) is 4.54. The van der Waals surface area contributed by atoms with Gasteiger partial charge in [0.15, 0.2) is 0 Å². The Balaban J connectivity index is 1.73. The minimum atomic E-state index is 0.655. The maximum Gasteiger partial charge on any atom is 0.143 e. The predicted octanol–water partition coefficient (Wildman–Crippen LogP) is 6.15. The highest BCUT2D eigenvalue weighted by atomic mass is 79.9. The second-order valence-electron chi connectivity index (χ2n) is 7.86. The van der Waals surface area contributed by atoms with Crippen molar-refractivity contribution in [3.63, 3.8) is 0 Å². The van der Waals surface area contributed by atoms with E-state index in [1.54, 1.807) is 0 Å². The molecule has 0 N–H and O–H groups in total. The van der Waals surface area contributed by atoms with Crippen LogP contribution in [-0.4, -0.2) is 24.5 Å². The Morgan fingerprint density at radius 1 is 0.906 bits per heavy atom. The van der Waals surface area contributed by atoms with Crippen LogP contribution in [0.1, 0.15) is 18.3 Å². The Labute approximate surface area is 194 Å². The molecule has 0 bridgehead atoms. The molecule has 0 unspecified atom stereocenters. The van der Waals surface area contributed by atoms with Crippen LogP contribution in [0.3, 0.4) is 0 Å². The van der Waals surface area contributed by atoms with Gasteiger partial charge >= 0.3 is 0 Å². The van der Waals surface area contributed by atoms with Crippen LogP contribution in [-0.2, 0) is 13.0 Å². The lowest BCUT2D eigenvalue weighted by Gasteiger charge is -2.12. The van der Waals surface area contributed by atoms with Gasteiger partial charge < -0.3 is 4.57 Å². The lowest BCUT2D eigenvalue weighted by atomic mass is 10.0. The van der Waals surface area contributed by atoms with E-state index in [9.17, 15) is 0 Å². The summed E-state index contributed by atoms with van der Waals surface area (Å²) in [6, 6.07) is 27.2. The first-order chi connectivity index (χ1) is 15.7. The molecule has 3 aromatic carbocycles. The normalized spacial score (nSPS) is 12.1. The van der Waals surface area contributed by atoms with Crippen molar-refractivity contribution >= 4 is 15.9 Å². The van der Waals surface area contributed by atoms with Crippen molar-refractivity contribution < 1.29 is 0 Å². The van der Waals surface area contributed by atoms with Crippen LogP contribution in [0.2, 0.25) is 0 Å². The molecule has 0 aliphatic carbocycles. The number of aryl methyl sites for hydroxylation is 1. The van der Waals surface area contributed by atoms with E-state index in [1.165, 1.54) is 0 Å². The van der Waals surface area contributed by atoms with Gasteiger partial charge in [0.2, 0.25) is 0 Å². The zero-order valence-corrected chi connectivity index (χ0v) is 19.1. The molecule has 2 aromatic heterocycles. The largest absolute Gasteiger partial charge is 0.317 e. The van der Waals surface area contributed by atoms with Gasteiger partial charge in [0.25, 0.3) is 0 Å². The number of rotatable bonds is 3. The van der Waals surface area contributed by atoms with E-state index in [-0.39, 0.29) is 0 Å². The molecule has 5 nitrogen and oxygen atoms in total. The number of halogens is 1. The molecule has 32 heavy (non-hydrogen) atoms. The fourth-order valence-electron chi connectivity index (χ4n) is 4.48. The number of benzene rings is 3. The zero-order valence-electron chi connectivity index (χ0n) is 17.5. The summed E-state index contributed by atoms with van der Waals surface area (Å²) in [7, 11) is 0. The van der Waals surface area contributed by atoms with Gasteiger partial charge in [-0.2, -0.15) is 0 Å². The summed E-state index contributed by atoms with van der Waals surface area (Å²) < 4.78 is 5.31. The maximum atomic E-state index is 5.24. The highest BCUT2D eigenvalue weighted by molar-refractivity contribution is 9.10. The van der Waals surface area contributed by atoms with Crippen LogP contribution < -0.4 is 0 Å². The van der Waals surface area contributed by atoms with Crippen LogP contribution in [0.4, 0.5) is 0 Å². The highest BCUT2D eigenvalue weighted by Gasteiger charge is 2.29. The van der Waals surface area contributed by atoms with Crippen LogP contribution in [0.5, 0.6) is 0 Å². The highest BCUT2D eigenvalue weighted by Crippen LogP contribution is 2.41. The van der Waals surface area contributed by atoms with Crippen LogP contribution in [0.25, 0.3) is 39.6 Å². The summed E-state index contributed by atoms with van der Waals surface area (Å²) >= 11 is 3.66. The Bertz CT molecular complexity index is 1430. The number of fused-ring (bicyclic) bond motifs is 5. The van der Waals surface area contributed by atoms with Gasteiger partial charge in [0.1, 0.15) is 5.82 Å². The quantitative estimate of drug-likeness (QED) is 0.304. The molecule has 0 saturated heterocycles. The monoisotopic (exact) mass is 481 g/mol. The Morgan fingerprint density at radius 2 is 1.62 bits per heavy atom. The van der Waals surface area contributed by atoms with Crippen molar-refractivity contribution in [2.45, 2.75) is 19.9 Å². The predicted molar refractivity (Wildman–Crippen MR) is 130 cm³/mol. The first kappa shape index (κ1) is 19.2. The third-order valence-electron chi connectivity index (χ3n) is 5.98. The molecule has 156 valence electrons. The van der Waals surface area contributed by atoms with Gasteiger partial charge in [-0.05, 0) is 24.6 Å². The first-order valence-corrected chi connectivity index (χ1v) is 11.5. The fraction of sp³-hybridized carbons (Fsp3) is 0.115. The van der Waals surface area contributed by atoms with Crippen molar-refractivity contribution in [2.24, 2.45) is 0 Å². The van der Waals surface area contributed by atoms with Crippen LogP contribution in [0.15, 0.2) is 83.3 Å². The average molecular weight is 482 g/mol. The third kappa shape index (κ3) is 2.94. The van der Waals surface area contributed by atoms with E-state index in [2.05, 4.69) is 98.4 Å². The lowest BCUT2D eigenvalue weighted by Crippen LogP contribution is -2.07. The van der Waals surface area contributed by atoms with Crippen molar-refractivity contribution in [1.82, 2.24) is 24.5 Å². The van der Waals surface area contributed by atoms with Gasteiger partial charge in [-0.25, -0.2) is 9.67 Å². The topological polar surface area (TPSA) is 48.5 Å². The molecule has 0 radical (unpaired) electrons. The smallest absolute Gasteiger partial charge is 0.143 e. The molecule has 1 aliphatic heterocycles. The Morgan fingerprint density at radius 3 is 2.34 bits per heavy atom. The van der Waals surface area contributed by atoms with Gasteiger partial charge in [-0.1, -0.05) is 88.7 Å². The fourth-order valence-corrected chi connectivity index (χ4v) is 4.84. The summed E-state index contributed by atoms with van der Waals surface area (Å²) in [4.78, 5) is 5.24. The molecule has 6 heteroatoms. The molecule has 0 fully saturated rings. The summed E-state index contributed by atoms with van der Waals surface area (Å²) in [5, 5.41) is 9.00. The number of aromatic nitrogens is 5. The summed E-state index contributed by atoms with van der Waals surface area (Å²) in [5.74, 6) is 0.937. The minimum absolute atomic E-state index is 0.655. The number of hydrogen-bond donors (Lipinski definition) is 0. The zero-order chi connectivity index (χ0) is 21.7. The summed E-state index contributed by atoms with van der Waals surface area (Å²) in [6.07, 6.45) is 0.831. The van der Waals surface area contributed by atoms with E-state index in [4.69, 9.17) is 4.98 Å². The standard InChI is InChI=1S/C26H20BrN5/c1-2-21-23-16-31-25(18-11-7-4-8-12-18)24(17-9-5-3-6-10-17)28-26(31)20-15-19(27)13-14-22(20)32(23)30-29-21/h3-15H,2,16H2,1H3. The SMILES string of the molecule is CCc1nnn2c1Cn1c(nc(-c3ccccc3)c1-c1ccccc1)-c1cc(Br)ccc1-2. The van der Waals surface area contributed by atoms with E-state index in [0.29, 0.717) is 6.54 Å². The first-order valence-electron chi connectivity index (χ1n) is 10.7. The number of nitrogens with zero attached hydrogens (tertiary/aromatic N) is 5. The van der Waals surface area contributed by atoms with Gasteiger partial charge in [-0.15, -0.1) is 5.10 Å². The van der Waals surface area contributed by atoms with E-state index < -0.39 is 0 Å². The van der Waals surface area contributed by atoms with Crippen molar-refractivity contribution in [2.75, 3.05) is 0 Å². The van der Waals surface area contributed by atoms with E-state index in [0.717, 1.165) is 61.9 Å². The van der Waals surface area contributed by atoms with Crippen LogP contribution >= 0.6 is 15.9 Å². The molecule has 5 aromatic rings. The summed E-state index contributed by atoms with van der Waals surface area (Å²) in [6.45, 7) is 2.78. The van der Waals surface area contributed by atoms with Crippen molar-refractivity contribution in [3.8, 4) is 39.6 Å². The molecule has 0 spiro atoms. The van der Waals surface area contributed by atoms with E-state index >= 15 is 0 Å². The molecule has 0 saturated carbocycles. The maximum absolute atomic E-state index is 5.24. The second kappa shape index (κ2) is 7.57. The minimum Gasteiger partial charge on any atom is -0.317 e. The van der Waals surface area contributed by atoms with Gasteiger partial charge in [0, 0.05) is 21.2 Å². The van der Waals surface area contributed by atoms with E-state index in [1.807, 2.05) is 22.9 Å². The Hall–Kier alpha value is -3.51. The molecule has 3 heterocycles. The molecule has 1 aliphatic rings. The van der Waals surface area contributed by atoms with Crippen LogP contribution in [0, 0.1) is 0 Å². The third-order valence-corrected chi connectivity index (χ3v) is 6.47. The summed E-state index contributed by atoms with van der Waals surface area (Å²) in [5.41, 5.74) is 8.48.